The smallest absolute Gasteiger partial charge is 0.240 e. The number of carbonyl (C=O) groups is 1. The first-order valence-corrected chi connectivity index (χ1v) is 7.04. The Balaban J connectivity index is 2.85. The van der Waals surface area contributed by atoms with Crippen LogP contribution >= 0.6 is 11.6 Å². The number of likely N-dealkylation sites (N-methyl/N-ethyl adjacent to an activating group) is 1. The summed E-state index contributed by atoms with van der Waals surface area (Å²) in [7, 11) is 1.78. The third kappa shape index (κ3) is 3.71. The molecule has 2 N–H and O–H groups in total. The molecule has 19 heavy (non-hydrogen) atoms. The molecule has 2 unspecified atom stereocenters. The third-order valence-corrected chi connectivity index (χ3v) is 4.17. The van der Waals surface area contributed by atoms with E-state index < -0.39 is 6.04 Å². The molecule has 0 aliphatic carbocycles. The van der Waals surface area contributed by atoms with Crippen LogP contribution in [0.1, 0.15) is 38.8 Å². The minimum atomic E-state index is -0.458. The Morgan fingerprint density at radius 2 is 1.95 bits per heavy atom. The first-order chi connectivity index (χ1) is 8.90. The number of benzene rings is 1. The van der Waals surface area contributed by atoms with E-state index in [1.54, 1.807) is 11.9 Å². The van der Waals surface area contributed by atoms with E-state index in [-0.39, 0.29) is 17.9 Å². The van der Waals surface area contributed by atoms with Gasteiger partial charge in [-0.3, -0.25) is 4.79 Å². The van der Waals surface area contributed by atoms with Gasteiger partial charge in [-0.25, -0.2) is 0 Å². The predicted molar refractivity (Wildman–Crippen MR) is 80.1 cm³/mol. The summed E-state index contributed by atoms with van der Waals surface area (Å²) in [4.78, 5) is 14.0. The second-order valence-corrected chi connectivity index (χ2v) is 5.47. The summed E-state index contributed by atoms with van der Waals surface area (Å²) in [6.07, 6.45) is 0.890. The molecule has 0 aliphatic rings. The summed E-state index contributed by atoms with van der Waals surface area (Å²) in [5.41, 5.74) is 6.94. The van der Waals surface area contributed by atoms with Crippen molar-refractivity contribution in [3.05, 3.63) is 34.9 Å². The van der Waals surface area contributed by atoms with E-state index in [0.29, 0.717) is 5.02 Å². The molecule has 0 heterocycles. The maximum absolute atomic E-state index is 12.3. The molecule has 106 valence electrons. The van der Waals surface area contributed by atoms with Gasteiger partial charge in [0.25, 0.3) is 0 Å². The highest BCUT2D eigenvalue weighted by atomic mass is 35.5. The second-order valence-electron chi connectivity index (χ2n) is 5.06. The lowest BCUT2D eigenvalue weighted by Crippen LogP contribution is -2.46. The number of hydrogen-bond donors (Lipinski definition) is 1. The van der Waals surface area contributed by atoms with Crippen LogP contribution in [0.4, 0.5) is 0 Å². The average molecular weight is 283 g/mol. The van der Waals surface area contributed by atoms with Crippen LogP contribution in [0.5, 0.6) is 0 Å². The predicted octanol–water partition coefficient (Wildman–Crippen LogP) is 3.23. The van der Waals surface area contributed by atoms with Gasteiger partial charge in [-0.2, -0.15) is 0 Å². The van der Waals surface area contributed by atoms with Crippen molar-refractivity contribution < 1.29 is 4.79 Å². The molecule has 4 heteroatoms. The quantitative estimate of drug-likeness (QED) is 0.901. The lowest BCUT2D eigenvalue weighted by Gasteiger charge is -2.30. The largest absolute Gasteiger partial charge is 0.338 e. The van der Waals surface area contributed by atoms with Gasteiger partial charge in [-0.05, 0) is 24.5 Å². The Morgan fingerprint density at radius 1 is 1.37 bits per heavy atom. The third-order valence-electron chi connectivity index (χ3n) is 3.83. The Morgan fingerprint density at radius 3 is 2.47 bits per heavy atom. The highest BCUT2D eigenvalue weighted by molar-refractivity contribution is 6.31. The lowest BCUT2D eigenvalue weighted by atomic mass is 9.98. The molecule has 0 aliphatic heterocycles. The molecule has 3 atom stereocenters. The van der Waals surface area contributed by atoms with Gasteiger partial charge in [0, 0.05) is 12.1 Å². The molecule has 1 rings (SSSR count). The second kappa shape index (κ2) is 6.92. The normalized spacial score (nSPS) is 15.7. The van der Waals surface area contributed by atoms with Crippen LogP contribution in [0.15, 0.2) is 24.3 Å². The number of rotatable bonds is 5. The van der Waals surface area contributed by atoms with Crippen LogP contribution < -0.4 is 5.73 Å². The standard InChI is InChI=1S/C15H23ClN2O/c1-5-10(2)14(17)15(19)18(4)11(3)12-8-6-7-9-13(12)16/h6-11,14H,5,17H2,1-4H3/t10?,11?,14-/m0/s1. The lowest BCUT2D eigenvalue weighted by molar-refractivity contribution is -0.134. The summed E-state index contributed by atoms with van der Waals surface area (Å²) in [6.45, 7) is 5.99. The molecule has 1 aromatic carbocycles. The number of hydrogen-bond acceptors (Lipinski definition) is 2. The Labute approximate surface area is 120 Å². The summed E-state index contributed by atoms with van der Waals surface area (Å²) >= 11 is 6.17. The SMILES string of the molecule is CCC(C)[C@H](N)C(=O)N(C)C(C)c1ccccc1Cl. The molecule has 0 spiro atoms. The van der Waals surface area contributed by atoms with Crippen molar-refractivity contribution in [1.82, 2.24) is 4.90 Å². The Kier molecular flexibility index (Phi) is 5.83. The van der Waals surface area contributed by atoms with Crippen LogP contribution in [0.25, 0.3) is 0 Å². The maximum atomic E-state index is 12.3. The number of carbonyl (C=O) groups excluding carboxylic acids is 1. The average Bonchev–Trinajstić information content (AvgIpc) is 2.43. The Bertz CT molecular complexity index is 436. The zero-order valence-electron chi connectivity index (χ0n) is 12.1. The fourth-order valence-electron chi connectivity index (χ4n) is 1.95. The van der Waals surface area contributed by atoms with Crippen molar-refractivity contribution in [1.29, 1.82) is 0 Å². The molecule has 0 fully saturated rings. The fraction of sp³-hybridized carbons (Fsp3) is 0.533. The topological polar surface area (TPSA) is 46.3 Å². The summed E-state index contributed by atoms with van der Waals surface area (Å²) in [6, 6.07) is 7.03. The van der Waals surface area contributed by atoms with Crippen molar-refractivity contribution in [3.63, 3.8) is 0 Å². The fourth-order valence-corrected chi connectivity index (χ4v) is 2.24. The van der Waals surface area contributed by atoms with Crippen LogP contribution in [0.3, 0.4) is 0 Å². The number of amides is 1. The molecule has 0 bridgehead atoms. The van der Waals surface area contributed by atoms with E-state index in [9.17, 15) is 4.79 Å². The van der Waals surface area contributed by atoms with Gasteiger partial charge < -0.3 is 10.6 Å². The zero-order chi connectivity index (χ0) is 14.6. The first-order valence-electron chi connectivity index (χ1n) is 6.66. The van der Waals surface area contributed by atoms with Gasteiger partial charge in [0.1, 0.15) is 0 Å². The Hall–Kier alpha value is -1.06. The van der Waals surface area contributed by atoms with Crippen LogP contribution in [0.2, 0.25) is 5.02 Å². The minimum Gasteiger partial charge on any atom is -0.338 e. The van der Waals surface area contributed by atoms with Gasteiger partial charge in [0.2, 0.25) is 5.91 Å². The molecule has 0 saturated carbocycles. The van der Waals surface area contributed by atoms with Gasteiger partial charge in [0.15, 0.2) is 0 Å². The van der Waals surface area contributed by atoms with E-state index in [4.69, 9.17) is 17.3 Å². The van der Waals surface area contributed by atoms with Crippen molar-refractivity contribution >= 4 is 17.5 Å². The number of halogens is 1. The molecule has 1 aromatic rings. The molecular formula is C15H23ClN2O. The minimum absolute atomic E-state index is 0.0400. The highest BCUT2D eigenvalue weighted by Gasteiger charge is 2.26. The van der Waals surface area contributed by atoms with E-state index in [1.807, 2.05) is 45.0 Å². The van der Waals surface area contributed by atoms with Crippen molar-refractivity contribution in [2.24, 2.45) is 11.7 Å². The van der Waals surface area contributed by atoms with Gasteiger partial charge in [0.05, 0.1) is 12.1 Å². The van der Waals surface area contributed by atoms with Gasteiger partial charge >= 0.3 is 0 Å². The van der Waals surface area contributed by atoms with Crippen LogP contribution in [0, 0.1) is 5.92 Å². The molecule has 3 nitrogen and oxygen atoms in total. The van der Waals surface area contributed by atoms with Crippen molar-refractivity contribution in [2.75, 3.05) is 7.05 Å². The number of nitrogens with two attached hydrogens (primary N) is 1. The van der Waals surface area contributed by atoms with E-state index in [0.717, 1.165) is 12.0 Å². The maximum Gasteiger partial charge on any atom is 0.240 e. The molecular weight excluding hydrogens is 260 g/mol. The van der Waals surface area contributed by atoms with E-state index in [1.165, 1.54) is 0 Å². The summed E-state index contributed by atoms with van der Waals surface area (Å²) in [5.74, 6) is 0.134. The van der Waals surface area contributed by atoms with Crippen LogP contribution in [-0.4, -0.2) is 23.9 Å². The highest BCUT2D eigenvalue weighted by Crippen LogP contribution is 2.27. The monoisotopic (exact) mass is 282 g/mol. The number of nitrogens with zero attached hydrogens (tertiary/aromatic N) is 1. The molecule has 0 radical (unpaired) electrons. The van der Waals surface area contributed by atoms with E-state index >= 15 is 0 Å². The summed E-state index contributed by atoms with van der Waals surface area (Å²) < 4.78 is 0. The van der Waals surface area contributed by atoms with Crippen molar-refractivity contribution in [2.45, 2.75) is 39.3 Å². The van der Waals surface area contributed by atoms with Crippen LogP contribution in [-0.2, 0) is 4.79 Å². The van der Waals surface area contributed by atoms with Crippen molar-refractivity contribution in [3.8, 4) is 0 Å². The van der Waals surface area contributed by atoms with E-state index in [2.05, 4.69) is 0 Å². The van der Waals surface area contributed by atoms with Gasteiger partial charge in [-0.15, -0.1) is 0 Å². The van der Waals surface area contributed by atoms with Gasteiger partial charge in [-0.1, -0.05) is 50.1 Å². The molecule has 0 aromatic heterocycles. The molecule has 0 saturated heterocycles. The zero-order valence-corrected chi connectivity index (χ0v) is 12.8. The summed E-state index contributed by atoms with van der Waals surface area (Å²) in [5, 5.41) is 0.673. The molecule has 1 amide bonds. The first kappa shape index (κ1) is 16.0.